The Labute approximate surface area is 188 Å². The third-order valence-corrected chi connectivity index (χ3v) is 5.68. The number of amides is 4. The van der Waals surface area contributed by atoms with Gasteiger partial charge >= 0.3 is 6.03 Å². The zero-order chi connectivity index (χ0) is 22.4. The van der Waals surface area contributed by atoms with Crippen molar-refractivity contribution in [2.24, 2.45) is 0 Å². The van der Waals surface area contributed by atoms with Gasteiger partial charge in [-0.25, -0.2) is 9.18 Å². The largest absolute Gasteiger partial charge is 0.351 e. The van der Waals surface area contributed by atoms with Gasteiger partial charge < -0.3 is 20.4 Å². The maximum Gasteiger partial charge on any atom is 0.321 e. The summed E-state index contributed by atoms with van der Waals surface area (Å²) in [5, 5.41) is 5.51. The zero-order valence-corrected chi connectivity index (χ0v) is 18.7. The number of hydrogen-bond acceptors (Lipinski definition) is 3. The van der Waals surface area contributed by atoms with Crippen LogP contribution in [0.5, 0.6) is 0 Å². The summed E-state index contributed by atoms with van der Waals surface area (Å²) in [6, 6.07) is 11.2. The first kappa shape index (κ1) is 22.7. The molecule has 7 nitrogen and oxygen atoms in total. The molecule has 31 heavy (non-hydrogen) atoms. The minimum atomic E-state index is -0.506. The highest BCUT2D eigenvalue weighted by Gasteiger charge is 2.24. The molecule has 164 valence electrons. The first-order valence-corrected chi connectivity index (χ1v) is 10.8. The van der Waals surface area contributed by atoms with Crippen LogP contribution < -0.4 is 10.6 Å². The lowest BCUT2D eigenvalue weighted by Gasteiger charge is -2.34. The summed E-state index contributed by atoms with van der Waals surface area (Å²) < 4.78 is 13.8. The number of nitrogens with zero attached hydrogens (tertiary/aromatic N) is 2. The van der Waals surface area contributed by atoms with E-state index in [4.69, 9.17) is 0 Å². The molecule has 1 saturated heterocycles. The Balaban J connectivity index is 1.41. The number of aryl methyl sites for hydroxylation is 1. The second-order valence-electron chi connectivity index (χ2n) is 7.30. The van der Waals surface area contributed by atoms with Gasteiger partial charge in [0.2, 0.25) is 5.91 Å². The molecule has 0 aliphatic carbocycles. The number of hydrogen-bond donors (Lipinski definition) is 2. The third-order valence-electron chi connectivity index (χ3n) is 4.99. The van der Waals surface area contributed by atoms with Crippen LogP contribution in [-0.4, -0.2) is 60.4 Å². The van der Waals surface area contributed by atoms with Gasteiger partial charge in [-0.2, -0.15) is 0 Å². The fourth-order valence-corrected chi connectivity index (χ4v) is 3.72. The van der Waals surface area contributed by atoms with Crippen LogP contribution >= 0.6 is 15.9 Å². The molecule has 3 rings (SSSR count). The summed E-state index contributed by atoms with van der Waals surface area (Å²) in [5.41, 5.74) is 1.98. The second-order valence-corrected chi connectivity index (χ2v) is 8.15. The van der Waals surface area contributed by atoms with E-state index < -0.39 is 11.7 Å². The number of urea groups is 1. The van der Waals surface area contributed by atoms with Crippen LogP contribution in [0.2, 0.25) is 0 Å². The van der Waals surface area contributed by atoms with Crippen LogP contribution in [0.15, 0.2) is 46.9 Å². The van der Waals surface area contributed by atoms with E-state index >= 15 is 0 Å². The summed E-state index contributed by atoms with van der Waals surface area (Å²) in [7, 11) is 0. The van der Waals surface area contributed by atoms with E-state index in [-0.39, 0.29) is 30.5 Å². The van der Waals surface area contributed by atoms with Gasteiger partial charge in [0.25, 0.3) is 5.91 Å². The zero-order valence-electron chi connectivity index (χ0n) is 17.2. The Morgan fingerprint density at radius 3 is 2.45 bits per heavy atom. The average molecular weight is 491 g/mol. The average Bonchev–Trinajstić information content (AvgIpc) is 2.75. The minimum Gasteiger partial charge on any atom is -0.351 e. The molecule has 0 radical (unpaired) electrons. The molecule has 0 aromatic heterocycles. The number of carbonyl (C=O) groups is 3. The summed E-state index contributed by atoms with van der Waals surface area (Å²) >= 11 is 3.22. The van der Waals surface area contributed by atoms with E-state index in [1.807, 2.05) is 31.2 Å². The molecular weight excluding hydrogens is 467 g/mol. The molecular formula is C22H24BrFN4O3. The smallest absolute Gasteiger partial charge is 0.321 e. The summed E-state index contributed by atoms with van der Waals surface area (Å²) in [5.74, 6) is -1.05. The van der Waals surface area contributed by atoms with Crippen LogP contribution in [0, 0.1) is 12.7 Å². The lowest BCUT2D eigenvalue weighted by molar-refractivity contribution is -0.132. The molecule has 2 aromatic carbocycles. The van der Waals surface area contributed by atoms with E-state index in [9.17, 15) is 18.8 Å². The molecule has 4 amide bonds. The van der Waals surface area contributed by atoms with Crippen LogP contribution in [0.3, 0.4) is 0 Å². The van der Waals surface area contributed by atoms with Gasteiger partial charge in [0.05, 0.1) is 5.56 Å². The number of benzene rings is 2. The molecule has 2 N–H and O–H groups in total. The molecule has 0 spiro atoms. The number of piperazine rings is 1. The Hall–Kier alpha value is -2.94. The Bertz CT molecular complexity index is 977. The van der Waals surface area contributed by atoms with Gasteiger partial charge in [-0.15, -0.1) is 0 Å². The number of carbonyl (C=O) groups excluding carboxylic acids is 3. The summed E-state index contributed by atoms with van der Waals surface area (Å²) in [4.78, 5) is 40.4. The maximum atomic E-state index is 13.3. The van der Waals surface area contributed by atoms with E-state index in [1.165, 1.54) is 12.1 Å². The van der Waals surface area contributed by atoms with Gasteiger partial charge in [-0.1, -0.05) is 12.1 Å². The fraction of sp³-hybridized carbons (Fsp3) is 0.318. The van der Waals surface area contributed by atoms with Gasteiger partial charge in [-0.05, 0) is 58.7 Å². The van der Waals surface area contributed by atoms with E-state index in [0.717, 1.165) is 17.3 Å². The van der Waals surface area contributed by atoms with Crippen molar-refractivity contribution in [1.29, 1.82) is 0 Å². The standard InChI is InChI=1S/C22H24BrFN4O3/c1-15-3-2-4-17(13-15)26-22(31)28-11-9-27(10-12-28)20(29)7-8-25-21(30)18-14-16(24)5-6-19(18)23/h2-6,13-14H,7-12H2,1H3,(H,25,30)(H,26,31). The van der Waals surface area contributed by atoms with Crippen molar-refractivity contribution in [2.45, 2.75) is 13.3 Å². The lowest BCUT2D eigenvalue weighted by Crippen LogP contribution is -2.52. The Morgan fingerprint density at radius 2 is 1.74 bits per heavy atom. The first-order chi connectivity index (χ1) is 14.8. The topological polar surface area (TPSA) is 81.8 Å². The van der Waals surface area contributed by atoms with E-state index in [1.54, 1.807) is 9.80 Å². The third kappa shape index (κ3) is 6.27. The highest BCUT2D eigenvalue weighted by atomic mass is 79.9. The fourth-order valence-electron chi connectivity index (χ4n) is 3.29. The molecule has 1 aliphatic rings. The molecule has 1 aliphatic heterocycles. The van der Waals surface area contributed by atoms with Crippen LogP contribution in [0.4, 0.5) is 14.9 Å². The molecule has 0 saturated carbocycles. The first-order valence-electron chi connectivity index (χ1n) is 9.97. The molecule has 1 heterocycles. The molecule has 9 heteroatoms. The Morgan fingerprint density at radius 1 is 1.03 bits per heavy atom. The van der Waals surface area contributed by atoms with Crippen molar-refractivity contribution in [1.82, 2.24) is 15.1 Å². The van der Waals surface area contributed by atoms with Crippen molar-refractivity contribution in [2.75, 3.05) is 38.0 Å². The monoisotopic (exact) mass is 490 g/mol. The molecule has 2 aromatic rings. The maximum absolute atomic E-state index is 13.3. The SMILES string of the molecule is Cc1cccc(NC(=O)N2CCN(C(=O)CCNC(=O)c3cc(F)ccc3Br)CC2)c1. The molecule has 0 unspecified atom stereocenters. The van der Waals surface area contributed by atoms with Crippen molar-refractivity contribution in [3.05, 3.63) is 63.9 Å². The predicted molar refractivity (Wildman–Crippen MR) is 119 cm³/mol. The van der Waals surface area contributed by atoms with E-state index in [0.29, 0.717) is 30.7 Å². The number of anilines is 1. The predicted octanol–water partition coefficient (Wildman–Crippen LogP) is 3.39. The van der Waals surface area contributed by atoms with Gasteiger partial charge in [0, 0.05) is 49.3 Å². The van der Waals surface area contributed by atoms with Crippen molar-refractivity contribution < 1.29 is 18.8 Å². The highest BCUT2D eigenvalue weighted by Crippen LogP contribution is 2.17. The normalized spacial score (nSPS) is 13.6. The number of rotatable bonds is 5. The molecule has 1 fully saturated rings. The Kier molecular flexibility index (Phi) is 7.62. The van der Waals surface area contributed by atoms with E-state index in [2.05, 4.69) is 26.6 Å². The van der Waals surface area contributed by atoms with Gasteiger partial charge in [-0.3, -0.25) is 9.59 Å². The van der Waals surface area contributed by atoms with Gasteiger partial charge in [0.1, 0.15) is 5.82 Å². The lowest BCUT2D eigenvalue weighted by atomic mass is 10.2. The van der Waals surface area contributed by atoms with Crippen LogP contribution in [-0.2, 0) is 4.79 Å². The van der Waals surface area contributed by atoms with Crippen LogP contribution in [0.25, 0.3) is 0 Å². The minimum absolute atomic E-state index is 0.0997. The van der Waals surface area contributed by atoms with Crippen molar-refractivity contribution in [3.63, 3.8) is 0 Å². The highest BCUT2D eigenvalue weighted by molar-refractivity contribution is 9.10. The second kappa shape index (κ2) is 10.4. The van der Waals surface area contributed by atoms with Gasteiger partial charge in [0.15, 0.2) is 0 Å². The molecule has 0 atom stereocenters. The number of nitrogens with one attached hydrogen (secondary N) is 2. The van der Waals surface area contributed by atoms with Crippen molar-refractivity contribution in [3.8, 4) is 0 Å². The quantitative estimate of drug-likeness (QED) is 0.673. The summed E-state index contributed by atoms with van der Waals surface area (Å²) in [6.45, 7) is 3.85. The van der Waals surface area contributed by atoms with Crippen LogP contribution in [0.1, 0.15) is 22.3 Å². The molecule has 0 bridgehead atoms. The number of halogens is 2. The summed E-state index contributed by atoms with van der Waals surface area (Å²) in [6.07, 6.45) is 0.133. The van der Waals surface area contributed by atoms with Crippen molar-refractivity contribution >= 4 is 39.5 Å².